The molecular formula is C13H20ClN5O. The van der Waals surface area contributed by atoms with E-state index in [-0.39, 0.29) is 5.28 Å². The summed E-state index contributed by atoms with van der Waals surface area (Å²) >= 11 is 6.09. The van der Waals surface area contributed by atoms with Crippen molar-refractivity contribution in [1.82, 2.24) is 15.0 Å². The van der Waals surface area contributed by atoms with Crippen molar-refractivity contribution in [2.24, 2.45) is 0 Å². The van der Waals surface area contributed by atoms with Crippen LogP contribution in [-0.2, 0) is 4.74 Å². The lowest BCUT2D eigenvalue weighted by molar-refractivity contribution is 0.0921. The van der Waals surface area contributed by atoms with Crippen LogP contribution in [0.1, 0.15) is 26.2 Å². The van der Waals surface area contributed by atoms with Gasteiger partial charge in [-0.25, -0.2) is 0 Å². The Hall–Kier alpha value is -1.14. The Morgan fingerprint density at radius 1 is 1.15 bits per heavy atom. The number of ether oxygens (including phenoxy) is 1. The van der Waals surface area contributed by atoms with Crippen molar-refractivity contribution in [2.75, 3.05) is 42.6 Å². The van der Waals surface area contributed by atoms with E-state index >= 15 is 0 Å². The van der Waals surface area contributed by atoms with Gasteiger partial charge in [0.15, 0.2) is 0 Å². The summed E-state index contributed by atoms with van der Waals surface area (Å²) in [4.78, 5) is 17.6. The quantitative estimate of drug-likeness (QED) is 0.847. The van der Waals surface area contributed by atoms with Crippen LogP contribution in [0.4, 0.5) is 11.9 Å². The molecular weight excluding hydrogens is 278 g/mol. The molecule has 0 N–H and O–H groups in total. The van der Waals surface area contributed by atoms with E-state index in [1.54, 1.807) is 0 Å². The topological polar surface area (TPSA) is 54.4 Å². The molecule has 3 heterocycles. The summed E-state index contributed by atoms with van der Waals surface area (Å²) in [5.74, 6) is 1.39. The molecule has 20 heavy (non-hydrogen) atoms. The molecule has 110 valence electrons. The van der Waals surface area contributed by atoms with E-state index in [4.69, 9.17) is 16.3 Å². The van der Waals surface area contributed by atoms with Crippen LogP contribution in [-0.4, -0.2) is 53.8 Å². The molecule has 0 bridgehead atoms. The second-order valence-corrected chi connectivity index (χ2v) is 5.57. The third kappa shape index (κ3) is 2.81. The predicted molar refractivity (Wildman–Crippen MR) is 78.5 cm³/mol. The molecule has 2 aliphatic heterocycles. The maximum atomic E-state index is 6.09. The van der Waals surface area contributed by atoms with Gasteiger partial charge in [-0.15, -0.1) is 0 Å². The van der Waals surface area contributed by atoms with E-state index in [0.29, 0.717) is 24.5 Å². The van der Waals surface area contributed by atoms with Crippen LogP contribution in [0, 0.1) is 0 Å². The highest BCUT2D eigenvalue weighted by molar-refractivity contribution is 6.28. The second kappa shape index (κ2) is 6.10. The van der Waals surface area contributed by atoms with E-state index in [2.05, 4.69) is 31.7 Å². The Labute approximate surface area is 124 Å². The van der Waals surface area contributed by atoms with E-state index < -0.39 is 0 Å². The van der Waals surface area contributed by atoms with Gasteiger partial charge in [0.05, 0.1) is 19.3 Å². The van der Waals surface area contributed by atoms with Crippen molar-refractivity contribution in [3.63, 3.8) is 0 Å². The minimum Gasteiger partial charge on any atom is -0.377 e. The van der Waals surface area contributed by atoms with Gasteiger partial charge in [0, 0.05) is 19.6 Å². The first-order valence-electron chi connectivity index (χ1n) is 7.29. The van der Waals surface area contributed by atoms with Crippen LogP contribution in [0.15, 0.2) is 0 Å². The van der Waals surface area contributed by atoms with Gasteiger partial charge in [-0.2, -0.15) is 15.0 Å². The monoisotopic (exact) mass is 297 g/mol. The lowest BCUT2D eigenvalue weighted by Gasteiger charge is -2.35. The summed E-state index contributed by atoms with van der Waals surface area (Å²) < 4.78 is 5.53. The van der Waals surface area contributed by atoms with Crippen molar-refractivity contribution < 1.29 is 4.74 Å². The molecule has 3 rings (SSSR count). The molecule has 7 heteroatoms. The molecule has 1 aromatic heterocycles. The Morgan fingerprint density at radius 3 is 2.65 bits per heavy atom. The van der Waals surface area contributed by atoms with Gasteiger partial charge in [0.2, 0.25) is 17.2 Å². The van der Waals surface area contributed by atoms with Crippen molar-refractivity contribution in [1.29, 1.82) is 0 Å². The molecule has 1 unspecified atom stereocenters. The number of aromatic nitrogens is 3. The van der Waals surface area contributed by atoms with Gasteiger partial charge in [-0.05, 0) is 30.9 Å². The number of rotatable bonds is 3. The summed E-state index contributed by atoms with van der Waals surface area (Å²) in [5, 5.41) is 0.276. The Kier molecular flexibility index (Phi) is 4.21. The normalized spacial score (nSPS) is 23.4. The Morgan fingerprint density at radius 2 is 1.90 bits per heavy atom. The van der Waals surface area contributed by atoms with Crippen molar-refractivity contribution in [2.45, 2.75) is 32.2 Å². The lowest BCUT2D eigenvalue weighted by Crippen LogP contribution is -2.46. The standard InChI is InChI=1S/C13H20ClN5O/c1-2-10-9-20-8-7-19(10)13-16-11(14)15-12(17-13)18-5-3-4-6-18/h10H,2-9H2,1H3. The SMILES string of the molecule is CCC1COCCN1c1nc(Cl)nc(N2CCCC2)n1. The van der Waals surface area contributed by atoms with Gasteiger partial charge >= 0.3 is 0 Å². The smallest absolute Gasteiger partial charge is 0.231 e. The Balaban J connectivity index is 1.87. The molecule has 6 nitrogen and oxygen atoms in total. The molecule has 0 saturated carbocycles. The van der Waals surface area contributed by atoms with Gasteiger partial charge in [0.25, 0.3) is 0 Å². The van der Waals surface area contributed by atoms with Crippen LogP contribution in [0.2, 0.25) is 5.28 Å². The molecule has 2 fully saturated rings. The molecule has 2 aliphatic rings. The number of hydrogen-bond acceptors (Lipinski definition) is 6. The summed E-state index contributed by atoms with van der Waals surface area (Å²) in [5.41, 5.74) is 0. The lowest BCUT2D eigenvalue weighted by atomic mass is 10.2. The zero-order valence-electron chi connectivity index (χ0n) is 11.8. The summed E-state index contributed by atoms with van der Waals surface area (Å²) in [6.45, 7) is 6.38. The van der Waals surface area contributed by atoms with Crippen molar-refractivity contribution >= 4 is 23.5 Å². The fourth-order valence-corrected chi connectivity index (χ4v) is 2.92. The molecule has 0 aromatic carbocycles. The molecule has 0 radical (unpaired) electrons. The minimum absolute atomic E-state index is 0.276. The average molecular weight is 298 g/mol. The van der Waals surface area contributed by atoms with Crippen LogP contribution in [0.25, 0.3) is 0 Å². The largest absolute Gasteiger partial charge is 0.377 e. The van der Waals surface area contributed by atoms with Gasteiger partial charge < -0.3 is 14.5 Å². The van der Waals surface area contributed by atoms with E-state index in [1.165, 1.54) is 12.8 Å². The molecule has 0 amide bonds. The summed E-state index contributed by atoms with van der Waals surface area (Å²) in [6.07, 6.45) is 3.38. The molecule has 0 aliphatic carbocycles. The fraction of sp³-hybridized carbons (Fsp3) is 0.769. The highest BCUT2D eigenvalue weighted by atomic mass is 35.5. The summed E-state index contributed by atoms with van der Waals surface area (Å²) in [6, 6.07) is 0.314. The highest BCUT2D eigenvalue weighted by Crippen LogP contribution is 2.23. The van der Waals surface area contributed by atoms with Gasteiger partial charge in [-0.1, -0.05) is 6.92 Å². The molecule has 2 saturated heterocycles. The fourth-order valence-electron chi connectivity index (χ4n) is 2.77. The zero-order valence-corrected chi connectivity index (χ0v) is 12.5. The zero-order chi connectivity index (χ0) is 13.9. The van der Waals surface area contributed by atoms with Crippen molar-refractivity contribution in [3.05, 3.63) is 5.28 Å². The number of anilines is 2. The number of hydrogen-bond donors (Lipinski definition) is 0. The molecule has 1 aromatic rings. The molecule has 0 spiro atoms. The van der Waals surface area contributed by atoms with Crippen LogP contribution < -0.4 is 9.80 Å². The van der Waals surface area contributed by atoms with Crippen LogP contribution in [0.5, 0.6) is 0 Å². The Bertz CT molecular complexity index is 466. The first kappa shape index (κ1) is 13.8. The number of morpholine rings is 1. The highest BCUT2D eigenvalue weighted by Gasteiger charge is 2.26. The number of nitrogens with zero attached hydrogens (tertiary/aromatic N) is 5. The number of halogens is 1. The molecule has 1 atom stereocenters. The van der Waals surface area contributed by atoms with Crippen LogP contribution in [0.3, 0.4) is 0 Å². The van der Waals surface area contributed by atoms with Crippen molar-refractivity contribution in [3.8, 4) is 0 Å². The third-order valence-corrected chi connectivity index (χ3v) is 4.10. The summed E-state index contributed by atoms with van der Waals surface area (Å²) in [7, 11) is 0. The van der Waals surface area contributed by atoms with E-state index in [1.807, 2.05) is 0 Å². The second-order valence-electron chi connectivity index (χ2n) is 5.23. The van der Waals surface area contributed by atoms with Gasteiger partial charge in [-0.3, -0.25) is 0 Å². The first-order chi connectivity index (χ1) is 9.78. The van der Waals surface area contributed by atoms with E-state index in [9.17, 15) is 0 Å². The maximum Gasteiger partial charge on any atom is 0.231 e. The van der Waals surface area contributed by atoms with Crippen LogP contribution >= 0.6 is 11.6 Å². The first-order valence-corrected chi connectivity index (χ1v) is 7.66. The minimum atomic E-state index is 0.276. The van der Waals surface area contributed by atoms with Gasteiger partial charge in [0.1, 0.15) is 0 Å². The maximum absolute atomic E-state index is 6.09. The average Bonchev–Trinajstić information content (AvgIpc) is 3.01. The third-order valence-electron chi connectivity index (χ3n) is 3.93. The predicted octanol–water partition coefficient (Wildman–Crippen LogP) is 1.74. The van der Waals surface area contributed by atoms with E-state index in [0.717, 1.165) is 32.7 Å².